The molecule has 0 N–H and O–H groups in total. The summed E-state index contributed by atoms with van der Waals surface area (Å²) in [6, 6.07) is 17.1. The fraction of sp³-hybridized carbons (Fsp3) is 0.222. The van der Waals surface area contributed by atoms with Crippen molar-refractivity contribution in [1.82, 2.24) is 0 Å². The number of hydrogen-bond acceptors (Lipinski definition) is 4. The third kappa shape index (κ3) is 5.72. The van der Waals surface area contributed by atoms with E-state index in [1.54, 1.807) is 42.5 Å². The van der Waals surface area contributed by atoms with Crippen LogP contribution in [0.15, 0.2) is 74.9 Å². The fourth-order valence-electron chi connectivity index (χ4n) is 1.90. The van der Waals surface area contributed by atoms with Gasteiger partial charge in [0, 0.05) is 5.56 Å². The highest BCUT2D eigenvalue weighted by Crippen LogP contribution is 2.15. The Morgan fingerprint density at radius 1 is 1.04 bits per heavy atom. The molecule has 0 saturated heterocycles. The lowest BCUT2D eigenvalue weighted by Crippen LogP contribution is -2.09. The van der Waals surface area contributed by atoms with E-state index in [9.17, 15) is 8.42 Å². The van der Waals surface area contributed by atoms with Gasteiger partial charge >= 0.3 is 0 Å². The molecule has 0 aliphatic heterocycles. The van der Waals surface area contributed by atoms with Crippen molar-refractivity contribution < 1.29 is 13.2 Å². The van der Waals surface area contributed by atoms with Crippen molar-refractivity contribution in [2.75, 3.05) is 12.9 Å². The van der Waals surface area contributed by atoms with Crippen LogP contribution >= 0.6 is 11.8 Å². The molecule has 0 spiro atoms. The molecular weight excluding hydrogens is 356 g/mol. The number of benzene rings is 2. The lowest BCUT2D eigenvalue weighted by atomic mass is 10.2. The summed E-state index contributed by atoms with van der Waals surface area (Å²) in [5.41, 5.74) is 0.605. The number of ether oxygens (including phenoxy) is 1. The second kappa shape index (κ2) is 9.39. The van der Waals surface area contributed by atoms with Gasteiger partial charge in [-0.3, -0.25) is 0 Å². The molecule has 0 heterocycles. The van der Waals surface area contributed by atoms with E-state index in [-0.39, 0.29) is 10.7 Å². The van der Waals surface area contributed by atoms with Crippen LogP contribution in [-0.2, 0) is 14.8 Å². The summed E-state index contributed by atoms with van der Waals surface area (Å²) in [6.45, 7) is 2.50. The molecule has 2 rings (SSSR count). The fourth-order valence-corrected chi connectivity index (χ4v) is 3.26. The summed E-state index contributed by atoms with van der Waals surface area (Å²) < 4.78 is 34.7. The van der Waals surface area contributed by atoms with Crippen LogP contribution in [-0.4, -0.2) is 32.3 Å². The highest BCUT2D eigenvalue weighted by atomic mass is 32.2. The first-order valence-electron chi connectivity index (χ1n) is 7.77. The van der Waals surface area contributed by atoms with Gasteiger partial charge in [0.15, 0.2) is 5.84 Å². The molecule has 25 heavy (non-hydrogen) atoms. The van der Waals surface area contributed by atoms with Crippen molar-refractivity contribution in [3.63, 3.8) is 0 Å². The molecule has 0 bridgehead atoms. The monoisotopic (exact) mass is 376 g/mol. The zero-order valence-corrected chi connectivity index (χ0v) is 15.8. The summed E-state index contributed by atoms with van der Waals surface area (Å²) in [7, 11) is -3.87. The maximum atomic E-state index is 12.6. The van der Waals surface area contributed by atoms with Crippen LogP contribution in [0.3, 0.4) is 0 Å². The molecular formula is C18H20N2O3S2. The smallest absolute Gasteiger partial charge is 0.284 e. The van der Waals surface area contributed by atoms with Crippen LogP contribution in [0.4, 0.5) is 0 Å². The third-order valence-electron chi connectivity index (χ3n) is 3.08. The van der Waals surface area contributed by atoms with Gasteiger partial charge in [0.2, 0.25) is 0 Å². The topological polar surface area (TPSA) is 68.1 Å². The molecule has 0 saturated carbocycles. The summed E-state index contributed by atoms with van der Waals surface area (Å²) >= 11 is 1.31. The van der Waals surface area contributed by atoms with Gasteiger partial charge in [-0.05, 0) is 24.8 Å². The number of hydrogen-bond donors (Lipinski definition) is 0. The van der Waals surface area contributed by atoms with Crippen LogP contribution in [0.1, 0.15) is 18.9 Å². The Morgan fingerprint density at radius 3 is 2.20 bits per heavy atom. The second-order valence-corrected chi connectivity index (χ2v) is 7.36. The van der Waals surface area contributed by atoms with E-state index in [1.165, 1.54) is 23.9 Å². The molecule has 0 atom stereocenters. The minimum Gasteiger partial charge on any atom is -0.473 e. The molecule has 0 aromatic heterocycles. The zero-order chi connectivity index (χ0) is 18.1. The van der Waals surface area contributed by atoms with Gasteiger partial charge in [-0.2, -0.15) is 13.4 Å². The lowest BCUT2D eigenvalue weighted by molar-refractivity contribution is 0.315. The maximum absolute atomic E-state index is 12.6. The van der Waals surface area contributed by atoms with Crippen molar-refractivity contribution in [3.8, 4) is 0 Å². The molecule has 132 valence electrons. The van der Waals surface area contributed by atoms with Crippen LogP contribution in [0.5, 0.6) is 0 Å². The van der Waals surface area contributed by atoms with Crippen molar-refractivity contribution in [2.45, 2.75) is 18.2 Å². The second-order valence-electron chi connectivity index (χ2n) is 5.00. The molecule has 2 aromatic rings. The van der Waals surface area contributed by atoms with Gasteiger partial charge in [0.05, 0.1) is 11.5 Å². The molecule has 0 fully saturated rings. The molecule has 7 heteroatoms. The first kappa shape index (κ1) is 19.2. The number of aliphatic imine (C=N–C) groups is 1. The van der Waals surface area contributed by atoms with Crippen molar-refractivity contribution in [2.24, 2.45) is 9.39 Å². The van der Waals surface area contributed by atoms with Crippen LogP contribution in [0.2, 0.25) is 0 Å². The highest BCUT2D eigenvalue weighted by Gasteiger charge is 2.15. The Morgan fingerprint density at radius 2 is 1.64 bits per heavy atom. The molecule has 0 radical (unpaired) electrons. The van der Waals surface area contributed by atoms with Crippen LogP contribution in [0.25, 0.3) is 0 Å². The summed E-state index contributed by atoms with van der Waals surface area (Å²) in [4.78, 5) is 4.47. The quantitative estimate of drug-likeness (QED) is 0.585. The maximum Gasteiger partial charge on any atom is 0.284 e. The Hall–Kier alpha value is -2.12. The SMILES string of the molecule is CCCOC(=N/C(=N\S(=O)(=O)c1ccccc1)c1ccccc1)SC. The molecule has 0 aliphatic rings. The van der Waals surface area contributed by atoms with E-state index in [0.717, 1.165) is 6.42 Å². The number of amidine groups is 1. The van der Waals surface area contributed by atoms with Crippen LogP contribution < -0.4 is 0 Å². The van der Waals surface area contributed by atoms with Crippen molar-refractivity contribution in [3.05, 3.63) is 66.2 Å². The Labute approximate surface area is 152 Å². The molecule has 5 nitrogen and oxygen atoms in total. The van der Waals surface area contributed by atoms with E-state index in [4.69, 9.17) is 4.74 Å². The number of thioether (sulfide) groups is 1. The number of nitrogens with zero attached hydrogens (tertiary/aromatic N) is 2. The molecule has 0 amide bonds. The number of rotatable bonds is 5. The average molecular weight is 377 g/mol. The van der Waals surface area contributed by atoms with Gasteiger partial charge in [-0.1, -0.05) is 67.2 Å². The lowest BCUT2D eigenvalue weighted by Gasteiger charge is -2.07. The zero-order valence-electron chi connectivity index (χ0n) is 14.1. The summed E-state index contributed by atoms with van der Waals surface area (Å²) in [5, 5.41) is 0.382. The van der Waals surface area contributed by atoms with E-state index in [0.29, 0.717) is 17.4 Å². The normalized spacial score (nSPS) is 12.9. The Kier molecular flexibility index (Phi) is 7.21. The van der Waals surface area contributed by atoms with E-state index < -0.39 is 10.0 Å². The predicted octanol–water partition coefficient (Wildman–Crippen LogP) is 3.97. The number of sulfonamides is 1. The van der Waals surface area contributed by atoms with E-state index >= 15 is 0 Å². The standard InChI is InChI=1S/C18H20N2O3S2/c1-3-14-23-18(24-2)19-17(15-10-6-4-7-11-15)20-25(21,22)16-12-8-5-9-13-16/h4-13H,3,14H2,1-2H3/b19-18?,20-17-. The molecule has 2 aromatic carbocycles. The van der Waals surface area contributed by atoms with Gasteiger partial charge in [-0.15, -0.1) is 4.40 Å². The minimum atomic E-state index is -3.87. The third-order valence-corrected chi connectivity index (χ3v) is 4.92. The summed E-state index contributed by atoms with van der Waals surface area (Å²) in [6.07, 6.45) is 2.66. The van der Waals surface area contributed by atoms with Crippen molar-refractivity contribution >= 4 is 32.9 Å². The van der Waals surface area contributed by atoms with Crippen molar-refractivity contribution in [1.29, 1.82) is 0 Å². The largest absolute Gasteiger partial charge is 0.473 e. The van der Waals surface area contributed by atoms with Gasteiger partial charge in [0.25, 0.3) is 15.3 Å². The first-order valence-corrected chi connectivity index (χ1v) is 10.4. The van der Waals surface area contributed by atoms with Crippen LogP contribution in [0, 0.1) is 0 Å². The van der Waals surface area contributed by atoms with Gasteiger partial charge < -0.3 is 4.74 Å². The first-order chi connectivity index (χ1) is 12.1. The minimum absolute atomic E-state index is 0.102. The van der Waals surface area contributed by atoms with Gasteiger partial charge in [0.1, 0.15) is 0 Å². The Bertz CT molecular complexity index is 833. The Balaban J connectivity index is 2.50. The van der Waals surface area contributed by atoms with E-state index in [1.807, 2.05) is 19.2 Å². The highest BCUT2D eigenvalue weighted by molar-refractivity contribution is 8.13. The summed E-state index contributed by atoms with van der Waals surface area (Å²) in [5.74, 6) is 0.102. The molecule has 0 aliphatic carbocycles. The average Bonchev–Trinajstić information content (AvgIpc) is 2.65. The van der Waals surface area contributed by atoms with E-state index in [2.05, 4.69) is 9.39 Å². The molecule has 0 unspecified atom stereocenters. The van der Waals surface area contributed by atoms with Gasteiger partial charge in [-0.25, -0.2) is 0 Å². The predicted molar refractivity (Wildman–Crippen MR) is 104 cm³/mol.